The van der Waals surface area contributed by atoms with Crippen molar-refractivity contribution in [1.29, 1.82) is 0 Å². The minimum atomic E-state index is -0.289. The molecule has 0 aliphatic carbocycles. The Hall–Kier alpha value is -1.10. The molecule has 1 aromatic rings. The molecule has 0 saturated carbocycles. The standard InChI is InChI=1S/C16H21ClN2O2/c17-13-3-1-11(2-4-13)12-7-8-19(10-12)16(20)15-6-5-14(9-18)21-15/h1-4,12,14-15H,5-10,18H2/t12?,14-,15+/m1/s1. The highest BCUT2D eigenvalue weighted by Crippen LogP contribution is 2.30. The van der Waals surface area contributed by atoms with Gasteiger partial charge in [0.2, 0.25) is 0 Å². The topological polar surface area (TPSA) is 55.6 Å². The number of benzene rings is 1. The van der Waals surface area contributed by atoms with Gasteiger partial charge in [0.1, 0.15) is 6.10 Å². The van der Waals surface area contributed by atoms with Crippen LogP contribution in [0.5, 0.6) is 0 Å². The quantitative estimate of drug-likeness (QED) is 0.931. The summed E-state index contributed by atoms with van der Waals surface area (Å²) in [6, 6.07) is 7.93. The molecule has 1 unspecified atom stereocenters. The van der Waals surface area contributed by atoms with Crippen molar-refractivity contribution in [1.82, 2.24) is 4.90 Å². The number of rotatable bonds is 3. The highest BCUT2D eigenvalue weighted by molar-refractivity contribution is 6.30. The predicted octanol–water partition coefficient (Wildman–Crippen LogP) is 2.16. The molecule has 0 radical (unpaired) electrons. The Morgan fingerprint density at radius 1 is 1.29 bits per heavy atom. The smallest absolute Gasteiger partial charge is 0.251 e. The number of carbonyl (C=O) groups is 1. The molecule has 2 fully saturated rings. The fourth-order valence-corrected chi connectivity index (χ4v) is 3.36. The molecule has 2 heterocycles. The largest absolute Gasteiger partial charge is 0.364 e. The molecule has 2 aliphatic heterocycles. The second-order valence-electron chi connectivity index (χ2n) is 5.88. The highest BCUT2D eigenvalue weighted by atomic mass is 35.5. The molecule has 3 atom stereocenters. The molecule has 0 aromatic heterocycles. The van der Waals surface area contributed by atoms with E-state index < -0.39 is 0 Å². The van der Waals surface area contributed by atoms with Gasteiger partial charge in [-0.15, -0.1) is 0 Å². The van der Waals surface area contributed by atoms with Crippen LogP contribution < -0.4 is 5.73 Å². The van der Waals surface area contributed by atoms with Crippen molar-refractivity contribution < 1.29 is 9.53 Å². The van der Waals surface area contributed by atoms with Gasteiger partial charge < -0.3 is 15.4 Å². The molecule has 1 aromatic carbocycles. The third-order valence-corrected chi connectivity index (χ3v) is 4.74. The van der Waals surface area contributed by atoms with Crippen molar-refractivity contribution in [2.45, 2.75) is 37.4 Å². The molecule has 0 spiro atoms. The molecule has 2 saturated heterocycles. The molecular formula is C16H21ClN2O2. The van der Waals surface area contributed by atoms with Crippen molar-refractivity contribution in [3.8, 4) is 0 Å². The number of amides is 1. The van der Waals surface area contributed by atoms with E-state index in [9.17, 15) is 4.79 Å². The Bertz CT molecular complexity index is 506. The van der Waals surface area contributed by atoms with Gasteiger partial charge in [-0.1, -0.05) is 23.7 Å². The Labute approximate surface area is 130 Å². The lowest BCUT2D eigenvalue weighted by Gasteiger charge is -2.21. The van der Waals surface area contributed by atoms with Crippen LogP contribution in [0.25, 0.3) is 0 Å². The Morgan fingerprint density at radius 3 is 2.71 bits per heavy atom. The van der Waals surface area contributed by atoms with Gasteiger partial charge in [-0.2, -0.15) is 0 Å². The summed E-state index contributed by atoms with van der Waals surface area (Å²) in [5.41, 5.74) is 6.85. The van der Waals surface area contributed by atoms with Crippen LogP contribution >= 0.6 is 11.6 Å². The summed E-state index contributed by atoms with van der Waals surface area (Å²) >= 11 is 5.92. The van der Waals surface area contributed by atoms with E-state index >= 15 is 0 Å². The van der Waals surface area contributed by atoms with Crippen LogP contribution in [0.4, 0.5) is 0 Å². The maximum atomic E-state index is 12.5. The summed E-state index contributed by atoms with van der Waals surface area (Å²) in [5.74, 6) is 0.528. The molecule has 114 valence electrons. The van der Waals surface area contributed by atoms with E-state index in [0.29, 0.717) is 12.5 Å². The molecule has 1 amide bonds. The maximum absolute atomic E-state index is 12.5. The van der Waals surface area contributed by atoms with Gasteiger partial charge in [0.05, 0.1) is 6.10 Å². The van der Waals surface area contributed by atoms with Gasteiger partial charge in [-0.05, 0) is 37.0 Å². The number of nitrogens with two attached hydrogens (primary N) is 1. The fraction of sp³-hybridized carbons (Fsp3) is 0.562. The third kappa shape index (κ3) is 3.23. The first-order valence-electron chi connectivity index (χ1n) is 7.57. The van der Waals surface area contributed by atoms with Gasteiger partial charge >= 0.3 is 0 Å². The van der Waals surface area contributed by atoms with E-state index in [1.807, 2.05) is 17.0 Å². The number of hydrogen-bond donors (Lipinski definition) is 1. The summed E-state index contributed by atoms with van der Waals surface area (Å²) in [4.78, 5) is 14.4. The molecular weight excluding hydrogens is 288 g/mol. The molecule has 2 N–H and O–H groups in total. The average Bonchev–Trinajstić information content (AvgIpc) is 3.16. The SMILES string of the molecule is NC[C@H]1CC[C@@H](C(=O)N2CCC(c3ccc(Cl)cc3)C2)O1. The van der Waals surface area contributed by atoms with Gasteiger partial charge in [-0.25, -0.2) is 0 Å². The predicted molar refractivity (Wildman–Crippen MR) is 82.3 cm³/mol. The third-order valence-electron chi connectivity index (χ3n) is 4.49. The zero-order valence-corrected chi connectivity index (χ0v) is 12.8. The number of ether oxygens (including phenoxy) is 1. The average molecular weight is 309 g/mol. The number of likely N-dealkylation sites (tertiary alicyclic amines) is 1. The first kappa shape index (κ1) is 14.8. The molecule has 5 heteroatoms. The summed E-state index contributed by atoms with van der Waals surface area (Å²) in [7, 11) is 0. The second-order valence-corrected chi connectivity index (χ2v) is 6.32. The minimum absolute atomic E-state index is 0.0496. The maximum Gasteiger partial charge on any atom is 0.251 e. The number of nitrogens with zero attached hydrogens (tertiary/aromatic N) is 1. The zero-order chi connectivity index (χ0) is 14.8. The zero-order valence-electron chi connectivity index (χ0n) is 12.0. The lowest BCUT2D eigenvalue weighted by atomic mass is 9.99. The molecule has 4 nitrogen and oxygen atoms in total. The Morgan fingerprint density at radius 2 is 2.05 bits per heavy atom. The summed E-state index contributed by atoms with van der Waals surface area (Å²) in [5, 5.41) is 0.747. The Kier molecular flexibility index (Phi) is 4.48. The van der Waals surface area contributed by atoms with Crippen molar-refractivity contribution >= 4 is 17.5 Å². The highest BCUT2D eigenvalue weighted by Gasteiger charge is 2.36. The molecule has 3 rings (SSSR count). The van der Waals surface area contributed by atoms with Gasteiger partial charge in [-0.3, -0.25) is 4.79 Å². The lowest BCUT2D eigenvalue weighted by Crippen LogP contribution is -2.38. The number of carbonyl (C=O) groups excluding carboxylic acids is 1. The lowest BCUT2D eigenvalue weighted by molar-refractivity contribution is -0.141. The van der Waals surface area contributed by atoms with E-state index in [2.05, 4.69) is 12.1 Å². The second kappa shape index (κ2) is 6.34. The van der Waals surface area contributed by atoms with Crippen molar-refractivity contribution in [2.24, 2.45) is 5.73 Å². The van der Waals surface area contributed by atoms with E-state index in [1.165, 1.54) is 5.56 Å². The van der Waals surface area contributed by atoms with Crippen LogP contribution in [-0.2, 0) is 9.53 Å². The minimum Gasteiger partial charge on any atom is -0.364 e. The van der Waals surface area contributed by atoms with Crippen LogP contribution in [0.3, 0.4) is 0 Å². The number of hydrogen-bond acceptors (Lipinski definition) is 3. The van der Waals surface area contributed by atoms with E-state index in [4.69, 9.17) is 22.1 Å². The van der Waals surface area contributed by atoms with Crippen LogP contribution in [0.1, 0.15) is 30.7 Å². The summed E-state index contributed by atoms with van der Waals surface area (Å²) < 4.78 is 5.71. The molecule has 21 heavy (non-hydrogen) atoms. The van der Waals surface area contributed by atoms with Crippen molar-refractivity contribution in [2.75, 3.05) is 19.6 Å². The van der Waals surface area contributed by atoms with Crippen molar-refractivity contribution in [3.05, 3.63) is 34.9 Å². The van der Waals surface area contributed by atoms with Gasteiger partial charge in [0.25, 0.3) is 5.91 Å². The number of halogens is 1. The van der Waals surface area contributed by atoms with Crippen LogP contribution in [0.15, 0.2) is 24.3 Å². The first-order chi connectivity index (χ1) is 10.2. The molecule has 0 bridgehead atoms. The normalized spacial score (nSPS) is 29.0. The van der Waals surface area contributed by atoms with Gasteiger partial charge in [0, 0.05) is 30.6 Å². The summed E-state index contributed by atoms with van der Waals surface area (Å²) in [6.45, 7) is 2.07. The Balaban J connectivity index is 1.59. The van der Waals surface area contributed by atoms with E-state index in [0.717, 1.165) is 37.4 Å². The van der Waals surface area contributed by atoms with E-state index in [-0.39, 0.29) is 18.1 Å². The van der Waals surface area contributed by atoms with Gasteiger partial charge in [0.15, 0.2) is 0 Å². The molecule has 2 aliphatic rings. The van der Waals surface area contributed by atoms with Crippen LogP contribution in [0.2, 0.25) is 5.02 Å². The summed E-state index contributed by atoms with van der Waals surface area (Å²) in [6.07, 6.45) is 2.45. The van der Waals surface area contributed by atoms with Crippen molar-refractivity contribution in [3.63, 3.8) is 0 Å². The monoisotopic (exact) mass is 308 g/mol. The van der Waals surface area contributed by atoms with E-state index in [1.54, 1.807) is 0 Å². The van der Waals surface area contributed by atoms with Crippen LogP contribution in [0, 0.1) is 0 Å². The van der Waals surface area contributed by atoms with Crippen LogP contribution in [-0.4, -0.2) is 42.6 Å². The fourth-order valence-electron chi connectivity index (χ4n) is 3.23. The first-order valence-corrected chi connectivity index (χ1v) is 7.95.